The summed E-state index contributed by atoms with van der Waals surface area (Å²) in [4.78, 5) is 26.6. The van der Waals surface area contributed by atoms with E-state index in [2.05, 4.69) is 20.6 Å². The van der Waals surface area contributed by atoms with Crippen LogP contribution in [-0.4, -0.2) is 30.8 Å². The molecule has 0 aliphatic rings. The van der Waals surface area contributed by atoms with Crippen LogP contribution in [0.25, 0.3) is 11.4 Å². The van der Waals surface area contributed by atoms with Crippen molar-refractivity contribution in [2.75, 3.05) is 5.32 Å². The molecule has 0 saturated carbocycles. The minimum atomic E-state index is -0.570. The summed E-state index contributed by atoms with van der Waals surface area (Å²) in [5, 5.41) is 21.2. The normalized spacial score (nSPS) is 10.7. The van der Waals surface area contributed by atoms with E-state index < -0.39 is 4.92 Å². The lowest BCUT2D eigenvalue weighted by Gasteiger charge is -2.06. The molecule has 2 heterocycles. The Morgan fingerprint density at radius 2 is 1.97 bits per heavy atom. The highest BCUT2D eigenvalue weighted by Gasteiger charge is 2.13. The van der Waals surface area contributed by atoms with Crippen LogP contribution in [0.2, 0.25) is 0 Å². The van der Waals surface area contributed by atoms with Crippen LogP contribution in [0.4, 0.5) is 11.4 Å². The minimum Gasteiger partial charge on any atom is -0.484 e. The van der Waals surface area contributed by atoms with Crippen molar-refractivity contribution in [1.82, 2.24) is 19.9 Å². The number of nitrogens with zero attached hydrogens (tertiary/aromatic N) is 5. The molecule has 11 heteroatoms. The maximum Gasteiger partial charge on any atom is 0.307 e. The number of nitrogens with one attached hydrogen (secondary N) is 1. The van der Waals surface area contributed by atoms with Crippen molar-refractivity contribution in [3.63, 3.8) is 0 Å². The van der Waals surface area contributed by atoms with E-state index >= 15 is 0 Å². The van der Waals surface area contributed by atoms with Gasteiger partial charge in [0.25, 0.3) is 5.89 Å². The average Bonchev–Trinajstić information content (AvgIpc) is 3.45. The highest BCUT2D eigenvalue weighted by Crippen LogP contribution is 2.21. The molecule has 0 aliphatic heterocycles. The maximum absolute atomic E-state index is 12.2. The van der Waals surface area contributed by atoms with Gasteiger partial charge in [0.15, 0.2) is 6.61 Å². The number of amides is 1. The van der Waals surface area contributed by atoms with Gasteiger partial charge in [0.05, 0.1) is 4.92 Å². The van der Waals surface area contributed by atoms with Gasteiger partial charge in [-0.25, -0.2) is 0 Å². The molecule has 4 aromatic rings. The van der Waals surface area contributed by atoms with Crippen LogP contribution in [0.1, 0.15) is 17.0 Å². The van der Waals surface area contributed by atoms with Crippen molar-refractivity contribution < 1.29 is 19.0 Å². The van der Waals surface area contributed by atoms with E-state index in [1.807, 2.05) is 32.0 Å². The summed E-state index contributed by atoms with van der Waals surface area (Å²) in [6.07, 6.45) is 2.29. The Balaban J connectivity index is 1.33. The van der Waals surface area contributed by atoms with E-state index in [1.54, 1.807) is 24.3 Å². The molecule has 0 saturated heterocycles. The molecule has 11 nitrogen and oxygen atoms in total. The number of carbonyl (C=O) groups is 1. The van der Waals surface area contributed by atoms with Crippen molar-refractivity contribution >= 4 is 17.3 Å². The lowest BCUT2D eigenvalue weighted by atomic mass is 10.1. The summed E-state index contributed by atoms with van der Waals surface area (Å²) in [7, 11) is 0. The molecule has 168 valence electrons. The van der Waals surface area contributed by atoms with Gasteiger partial charge in [-0.1, -0.05) is 11.2 Å². The molecule has 2 aromatic heterocycles. The van der Waals surface area contributed by atoms with Crippen LogP contribution in [0.15, 0.2) is 59.4 Å². The van der Waals surface area contributed by atoms with E-state index in [-0.39, 0.29) is 24.7 Å². The van der Waals surface area contributed by atoms with Crippen LogP contribution in [0.3, 0.4) is 0 Å². The molecule has 0 atom stereocenters. The smallest absolute Gasteiger partial charge is 0.307 e. The summed E-state index contributed by atoms with van der Waals surface area (Å²) in [6.45, 7) is 4.05. The lowest BCUT2D eigenvalue weighted by Crippen LogP contribution is -2.18. The largest absolute Gasteiger partial charge is 0.484 e. The third kappa shape index (κ3) is 5.39. The van der Waals surface area contributed by atoms with E-state index in [0.717, 1.165) is 17.5 Å². The van der Waals surface area contributed by atoms with Crippen LogP contribution in [-0.2, 0) is 17.9 Å². The molecule has 1 N–H and O–H groups in total. The van der Waals surface area contributed by atoms with E-state index in [9.17, 15) is 14.9 Å². The summed E-state index contributed by atoms with van der Waals surface area (Å²) >= 11 is 0. The maximum atomic E-state index is 12.2. The van der Waals surface area contributed by atoms with Gasteiger partial charge in [0, 0.05) is 11.3 Å². The number of hydrogen-bond acceptors (Lipinski definition) is 8. The van der Waals surface area contributed by atoms with E-state index in [1.165, 1.54) is 16.4 Å². The van der Waals surface area contributed by atoms with Crippen molar-refractivity contribution in [3.8, 4) is 17.1 Å². The predicted molar refractivity (Wildman–Crippen MR) is 117 cm³/mol. The molecule has 1 amide bonds. The fraction of sp³-hybridized carbons (Fsp3) is 0.182. The zero-order valence-corrected chi connectivity index (χ0v) is 17.9. The molecular formula is C22H20N6O5. The van der Waals surface area contributed by atoms with Crippen molar-refractivity contribution in [2.24, 2.45) is 0 Å². The average molecular weight is 448 g/mol. The summed E-state index contributed by atoms with van der Waals surface area (Å²) in [5.41, 5.74) is 3.40. The number of benzene rings is 2. The Hall–Kier alpha value is -4.54. The highest BCUT2D eigenvalue weighted by atomic mass is 16.6. The number of rotatable bonds is 8. The number of anilines is 1. The standard InChI is InChI=1S/C22H20N6O5/c1-14-3-8-19(9-15(14)2)32-13-21-25-22(26-33-21)16-4-6-17(7-5-16)24-20(29)12-27-11-18(10-23-27)28(30)31/h3-11H,12-13H2,1-2H3,(H,24,29). The molecule has 0 radical (unpaired) electrons. The molecule has 0 bridgehead atoms. The second kappa shape index (κ2) is 9.30. The van der Waals surface area contributed by atoms with Gasteiger partial charge in [0.1, 0.15) is 24.7 Å². The predicted octanol–water partition coefficient (Wildman–Crippen LogP) is 3.68. The fourth-order valence-corrected chi connectivity index (χ4v) is 2.96. The third-order valence-corrected chi connectivity index (χ3v) is 4.87. The first-order chi connectivity index (χ1) is 15.9. The van der Waals surface area contributed by atoms with Crippen molar-refractivity contribution in [3.05, 3.63) is 82.0 Å². The number of ether oxygens (including phenoxy) is 1. The number of hydrogen-bond donors (Lipinski definition) is 1. The number of aryl methyl sites for hydroxylation is 2. The second-order valence-electron chi connectivity index (χ2n) is 7.33. The Bertz CT molecular complexity index is 1290. The number of aromatic nitrogens is 4. The molecule has 0 aliphatic carbocycles. The van der Waals surface area contributed by atoms with Gasteiger partial charge in [-0.05, 0) is 61.4 Å². The molecular weight excluding hydrogens is 428 g/mol. The van der Waals surface area contributed by atoms with Gasteiger partial charge in [0.2, 0.25) is 11.7 Å². The quantitative estimate of drug-likeness (QED) is 0.318. The second-order valence-corrected chi connectivity index (χ2v) is 7.33. The van der Waals surface area contributed by atoms with Crippen LogP contribution in [0.5, 0.6) is 5.75 Å². The Kier molecular flexibility index (Phi) is 6.11. The monoisotopic (exact) mass is 448 g/mol. The summed E-state index contributed by atoms with van der Waals surface area (Å²) in [6, 6.07) is 12.7. The zero-order chi connectivity index (χ0) is 23.4. The van der Waals surface area contributed by atoms with Gasteiger partial charge < -0.3 is 14.6 Å². The topological polar surface area (TPSA) is 138 Å². The van der Waals surface area contributed by atoms with E-state index in [4.69, 9.17) is 9.26 Å². The Morgan fingerprint density at radius 3 is 2.67 bits per heavy atom. The minimum absolute atomic E-state index is 0.148. The van der Waals surface area contributed by atoms with Crippen molar-refractivity contribution in [2.45, 2.75) is 27.0 Å². The van der Waals surface area contributed by atoms with Crippen LogP contribution >= 0.6 is 0 Å². The van der Waals surface area contributed by atoms with Gasteiger partial charge >= 0.3 is 5.69 Å². The number of nitro groups is 1. The van der Waals surface area contributed by atoms with Gasteiger partial charge in [-0.3, -0.25) is 19.6 Å². The molecule has 33 heavy (non-hydrogen) atoms. The van der Waals surface area contributed by atoms with Crippen molar-refractivity contribution in [1.29, 1.82) is 0 Å². The fourth-order valence-electron chi connectivity index (χ4n) is 2.96. The molecule has 0 fully saturated rings. The Morgan fingerprint density at radius 1 is 1.18 bits per heavy atom. The third-order valence-electron chi connectivity index (χ3n) is 4.87. The first-order valence-electron chi connectivity index (χ1n) is 9.97. The summed E-state index contributed by atoms with van der Waals surface area (Å²) in [5.74, 6) is 1.10. The number of carbonyl (C=O) groups excluding carboxylic acids is 1. The highest BCUT2D eigenvalue weighted by molar-refractivity contribution is 5.90. The molecule has 0 unspecified atom stereocenters. The molecule has 2 aromatic carbocycles. The molecule has 0 spiro atoms. The van der Waals surface area contributed by atoms with Gasteiger partial charge in [-0.15, -0.1) is 0 Å². The summed E-state index contributed by atoms with van der Waals surface area (Å²) < 4.78 is 12.2. The molecule has 4 rings (SSSR count). The lowest BCUT2D eigenvalue weighted by molar-refractivity contribution is -0.385. The van der Waals surface area contributed by atoms with Crippen LogP contribution in [0, 0.1) is 24.0 Å². The van der Waals surface area contributed by atoms with E-state index in [0.29, 0.717) is 23.0 Å². The first-order valence-corrected chi connectivity index (χ1v) is 9.97. The Labute approximate surface area is 188 Å². The zero-order valence-electron chi connectivity index (χ0n) is 17.9. The first kappa shape index (κ1) is 21.7. The van der Waals surface area contributed by atoms with Crippen LogP contribution < -0.4 is 10.1 Å². The SMILES string of the molecule is Cc1ccc(OCc2nc(-c3ccc(NC(=O)Cn4cc([N+](=O)[O-])cn4)cc3)no2)cc1C. The van der Waals surface area contributed by atoms with Gasteiger partial charge in [-0.2, -0.15) is 10.1 Å².